The van der Waals surface area contributed by atoms with Crippen molar-refractivity contribution in [3.63, 3.8) is 0 Å². The number of hydrogen-bond donors (Lipinski definition) is 3. The molecule has 0 radical (unpaired) electrons. The van der Waals surface area contributed by atoms with Crippen molar-refractivity contribution in [2.75, 3.05) is 5.32 Å². The molecule has 4 aromatic rings. The monoisotopic (exact) mass is 493 g/mol. The van der Waals surface area contributed by atoms with Crippen molar-refractivity contribution in [3.05, 3.63) is 88.5 Å². The minimum Gasteiger partial charge on any atom is -0.338 e. The van der Waals surface area contributed by atoms with E-state index in [1.54, 1.807) is 19.2 Å². The first-order valence-electron chi connectivity index (χ1n) is 12.1. The van der Waals surface area contributed by atoms with E-state index in [1.165, 1.54) is 10.9 Å². The number of hydrogen-bond acceptors (Lipinski definition) is 5. The first kappa shape index (κ1) is 24.0. The first-order chi connectivity index (χ1) is 17.9. The lowest BCUT2D eigenvalue weighted by Crippen LogP contribution is -2.47. The largest absolute Gasteiger partial charge is 0.338 e. The minimum absolute atomic E-state index is 0.335. The number of carbonyl (C=O) groups is 2. The van der Waals surface area contributed by atoms with Crippen LogP contribution in [-0.2, 0) is 18.3 Å². The number of aromatic amines is 1. The third kappa shape index (κ3) is 4.49. The Morgan fingerprint density at radius 1 is 1.16 bits per heavy atom. The van der Waals surface area contributed by atoms with E-state index in [0.717, 1.165) is 40.1 Å². The molecule has 3 N–H and O–H groups in total. The number of nitriles is 1. The summed E-state index contributed by atoms with van der Waals surface area (Å²) in [5.74, 6) is -1.08. The van der Waals surface area contributed by atoms with Gasteiger partial charge < -0.3 is 10.6 Å². The standard InChI is InChI=1S/C28H27N7O2/c1-16-24(17(2)34-33-16)19-7-10-21(11-8-19)31-28(37)26(32-27(36)23-13-14-30-35(23)3)22-12-9-18-5-4-6-20(15-29)25(18)22/h4-8,10-11,13-14,22,26H,9,12H2,1-3H3,(H,31,37)(H,32,36)(H,33,34)/t22-,26-/m0/s1. The van der Waals surface area contributed by atoms with Crippen molar-refractivity contribution in [2.24, 2.45) is 7.05 Å². The van der Waals surface area contributed by atoms with Crippen LogP contribution in [0.5, 0.6) is 0 Å². The zero-order valence-electron chi connectivity index (χ0n) is 20.9. The molecule has 0 fully saturated rings. The van der Waals surface area contributed by atoms with Crippen LogP contribution in [0.1, 0.15) is 50.9 Å². The summed E-state index contributed by atoms with van der Waals surface area (Å²) in [7, 11) is 1.67. The van der Waals surface area contributed by atoms with Crippen molar-refractivity contribution >= 4 is 17.5 Å². The zero-order valence-corrected chi connectivity index (χ0v) is 20.9. The molecule has 0 spiro atoms. The lowest BCUT2D eigenvalue weighted by Gasteiger charge is -2.25. The summed E-state index contributed by atoms with van der Waals surface area (Å²) in [5.41, 5.74) is 7.25. The summed E-state index contributed by atoms with van der Waals surface area (Å²) in [6, 6.07) is 16.1. The summed E-state index contributed by atoms with van der Waals surface area (Å²) in [6.45, 7) is 3.91. The fourth-order valence-corrected chi connectivity index (χ4v) is 5.23. The average molecular weight is 494 g/mol. The van der Waals surface area contributed by atoms with E-state index in [1.807, 2.05) is 50.2 Å². The molecule has 9 heteroatoms. The Morgan fingerprint density at radius 2 is 1.95 bits per heavy atom. The van der Waals surface area contributed by atoms with Gasteiger partial charge in [-0.1, -0.05) is 24.3 Å². The second kappa shape index (κ2) is 9.74. The highest BCUT2D eigenvalue weighted by Gasteiger charge is 2.37. The maximum absolute atomic E-state index is 13.7. The van der Waals surface area contributed by atoms with Crippen LogP contribution < -0.4 is 10.6 Å². The second-order valence-electron chi connectivity index (χ2n) is 9.30. The molecule has 2 atom stereocenters. The molecule has 9 nitrogen and oxygen atoms in total. The van der Waals surface area contributed by atoms with Gasteiger partial charge in [0.1, 0.15) is 11.7 Å². The highest BCUT2D eigenvalue weighted by molar-refractivity contribution is 6.01. The Labute approximate surface area is 214 Å². The predicted octanol–water partition coefficient (Wildman–Crippen LogP) is 3.77. The van der Waals surface area contributed by atoms with Crippen molar-refractivity contribution in [1.82, 2.24) is 25.3 Å². The number of nitrogens with one attached hydrogen (secondary N) is 3. The van der Waals surface area contributed by atoms with Crippen LogP contribution in [-0.4, -0.2) is 37.8 Å². The molecule has 2 heterocycles. The number of fused-ring (bicyclic) bond motifs is 1. The molecule has 186 valence electrons. The second-order valence-corrected chi connectivity index (χ2v) is 9.30. The van der Waals surface area contributed by atoms with Crippen molar-refractivity contribution < 1.29 is 9.59 Å². The van der Waals surface area contributed by atoms with Crippen LogP contribution in [0, 0.1) is 25.2 Å². The molecule has 2 aromatic heterocycles. The molecule has 0 unspecified atom stereocenters. The van der Waals surface area contributed by atoms with Crippen molar-refractivity contribution in [3.8, 4) is 17.2 Å². The third-order valence-corrected chi connectivity index (χ3v) is 7.01. The van der Waals surface area contributed by atoms with Gasteiger partial charge in [-0.2, -0.15) is 15.5 Å². The number of carbonyl (C=O) groups excluding carboxylic acids is 2. The Morgan fingerprint density at radius 3 is 2.59 bits per heavy atom. The molecule has 0 bridgehead atoms. The number of H-pyrrole nitrogens is 1. The van der Waals surface area contributed by atoms with E-state index in [0.29, 0.717) is 23.4 Å². The summed E-state index contributed by atoms with van der Waals surface area (Å²) < 4.78 is 1.46. The van der Waals surface area contributed by atoms with Gasteiger partial charge in [-0.3, -0.25) is 19.4 Å². The molecule has 37 heavy (non-hydrogen) atoms. The van der Waals surface area contributed by atoms with Crippen molar-refractivity contribution in [1.29, 1.82) is 5.26 Å². The molecule has 0 saturated heterocycles. The summed E-state index contributed by atoms with van der Waals surface area (Å²) >= 11 is 0. The molecule has 0 aliphatic heterocycles. The van der Waals surface area contributed by atoms with Gasteiger partial charge in [0.2, 0.25) is 5.91 Å². The van der Waals surface area contributed by atoms with Gasteiger partial charge in [0.05, 0.1) is 17.3 Å². The van der Waals surface area contributed by atoms with Crippen LogP contribution in [0.4, 0.5) is 5.69 Å². The van der Waals surface area contributed by atoms with Crippen LogP contribution in [0.2, 0.25) is 0 Å². The van der Waals surface area contributed by atoms with Gasteiger partial charge in [-0.15, -0.1) is 0 Å². The molecule has 0 saturated carbocycles. The highest BCUT2D eigenvalue weighted by atomic mass is 16.2. The van der Waals surface area contributed by atoms with Gasteiger partial charge in [-0.25, -0.2) is 0 Å². The maximum atomic E-state index is 13.7. The number of rotatable bonds is 6. The van der Waals surface area contributed by atoms with E-state index >= 15 is 0 Å². The van der Waals surface area contributed by atoms with E-state index in [-0.39, 0.29) is 11.8 Å². The quantitative estimate of drug-likeness (QED) is 0.377. The van der Waals surface area contributed by atoms with E-state index < -0.39 is 11.9 Å². The van der Waals surface area contributed by atoms with E-state index in [9.17, 15) is 14.9 Å². The number of aryl methyl sites for hydroxylation is 4. The smallest absolute Gasteiger partial charge is 0.270 e. The molecular weight excluding hydrogens is 466 g/mol. The van der Waals surface area contributed by atoms with Gasteiger partial charge >= 0.3 is 0 Å². The number of aromatic nitrogens is 4. The van der Waals surface area contributed by atoms with Crippen LogP contribution >= 0.6 is 0 Å². The van der Waals surface area contributed by atoms with Gasteiger partial charge in [-0.05, 0) is 67.6 Å². The Balaban J connectivity index is 1.44. The summed E-state index contributed by atoms with van der Waals surface area (Å²) in [5, 5.41) is 26.9. The highest BCUT2D eigenvalue weighted by Crippen LogP contribution is 2.38. The van der Waals surface area contributed by atoms with Crippen LogP contribution in [0.3, 0.4) is 0 Å². The van der Waals surface area contributed by atoms with Crippen molar-refractivity contribution in [2.45, 2.75) is 38.6 Å². The van der Waals surface area contributed by atoms with Gasteiger partial charge in [0.15, 0.2) is 0 Å². The number of nitrogens with zero attached hydrogens (tertiary/aromatic N) is 4. The SMILES string of the molecule is Cc1n[nH]c(C)c1-c1ccc(NC(=O)[C@@H](NC(=O)c2ccnn2C)[C@H]2CCc3cccc(C#N)c32)cc1. The minimum atomic E-state index is -0.879. The number of anilines is 1. The molecule has 1 aliphatic rings. The Bertz CT molecular complexity index is 1510. The first-order valence-corrected chi connectivity index (χ1v) is 12.1. The number of amides is 2. The van der Waals surface area contributed by atoms with Gasteiger partial charge in [0, 0.05) is 36.1 Å². The van der Waals surface area contributed by atoms with Crippen LogP contribution in [0.25, 0.3) is 11.1 Å². The van der Waals surface area contributed by atoms with Crippen LogP contribution in [0.15, 0.2) is 54.7 Å². The normalized spacial score (nSPS) is 15.0. The topological polar surface area (TPSA) is 128 Å². The lowest BCUT2D eigenvalue weighted by molar-refractivity contribution is -0.118. The fourth-order valence-electron chi connectivity index (χ4n) is 5.23. The molecular formula is C28H27N7O2. The maximum Gasteiger partial charge on any atom is 0.270 e. The molecule has 2 aromatic carbocycles. The summed E-state index contributed by atoms with van der Waals surface area (Å²) in [6.07, 6.45) is 2.92. The number of benzene rings is 2. The van der Waals surface area contributed by atoms with E-state index in [2.05, 4.69) is 32.0 Å². The van der Waals surface area contributed by atoms with E-state index in [4.69, 9.17) is 0 Å². The average Bonchev–Trinajstić information content (AvgIpc) is 3.61. The molecule has 1 aliphatic carbocycles. The fraction of sp³-hybridized carbons (Fsp3) is 0.250. The summed E-state index contributed by atoms with van der Waals surface area (Å²) in [4.78, 5) is 26.8. The Hall–Kier alpha value is -4.71. The molecule has 2 amide bonds. The lowest BCUT2D eigenvalue weighted by atomic mass is 9.89. The Kier molecular flexibility index (Phi) is 6.32. The molecule has 5 rings (SSSR count). The predicted molar refractivity (Wildman–Crippen MR) is 139 cm³/mol. The third-order valence-electron chi connectivity index (χ3n) is 7.01. The van der Waals surface area contributed by atoms with Gasteiger partial charge in [0.25, 0.3) is 5.91 Å². The zero-order chi connectivity index (χ0) is 26.1.